The minimum absolute atomic E-state index is 0.0534. The third kappa shape index (κ3) is 2.68. The van der Waals surface area contributed by atoms with E-state index in [-0.39, 0.29) is 17.2 Å². The molecule has 5 nitrogen and oxygen atoms in total. The standard InChI is InChI=1S/C17H24N2O3S/c1-13-6-3-4-8-15(13)23(21,22)19-11-10-17(12-19)9-5-7-14(17)16(20)18-2/h3-4,6,8,14H,5,7,9-12H2,1-2H3,(H,18,20). The van der Waals surface area contributed by atoms with Gasteiger partial charge in [-0.1, -0.05) is 24.6 Å². The number of hydrogen-bond acceptors (Lipinski definition) is 3. The number of nitrogens with one attached hydrogen (secondary N) is 1. The van der Waals surface area contributed by atoms with Crippen LogP contribution < -0.4 is 5.32 Å². The summed E-state index contributed by atoms with van der Waals surface area (Å²) in [7, 11) is -1.83. The maximum atomic E-state index is 13.0. The summed E-state index contributed by atoms with van der Waals surface area (Å²) in [4.78, 5) is 12.6. The van der Waals surface area contributed by atoms with Gasteiger partial charge in [0.2, 0.25) is 15.9 Å². The van der Waals surface area contributed by atoms with Crippen molar-refractivity contribution in [2.75, 3.05) is 20.1 Å². The van der Waals surface area contributed by atoms with Gasteiger partial charge in [0.25, 0.3) is 0 Å². The number of aryl methyl sites for hydroxylation is 1. The van der Waals surface area contributed by atoms with E-state index in [4.69, 9.17) is 0 Å². The van der Waals surface area contributed by atoms with Crippen molar-refractivity contribution in [2.24, 2.45) is 11.3 Å². The van der Waals surface area contributed by atoms with E-state index in [0.29, 0.717) is 18.0 Å². The first-order chi connectivity index (χ1) is 10.9. The van der Waals surface area contributed by atoms with Gasteiger partial charge in [-0.25, -0.2) is 8.42 Å². The first-order valence-electron chi connectivity index (χ1n) is 8.18. The zero-order chi connectivity index (χ0) is 16.7. The number of carbonyl (C=O) groups is 1. The molecule has 1 amide bonds. The van der Waals surface area contributed by atoms with E-state index in [0.717, 1.165) is 31.2 Å². The molecule has 1 aliphatic heterocycles. The Hall–Kier alpha value is -1.40. The highest BCUT2D eigenvalue weighted by Gasteiger charge is 2.52. The summed E-state index contributed by atoms with van der Waals surface area (Å²) in [5, 5.41) is 2.75. The monoisotopic (exact) mass is 336 g/mol. The van der Waals surface area contributed by atoms with E-state index < -0.39 is 10.0 Å². The summed E-state index contributed by atoms with van der Waals surface area (Å²) in [5.74, 6) is -0.0118. The number of carbonyl (C=O) groups excluding carboxylic acids is 1. The van der Waals surface area contributed by atoms with E-state index in [1.54, 1.807) is 23.5 Å². The molecule has 126 valence electrons. The number of amides is 1. The van der Waals surface area contributed by atoms with Crippen LogP contribution >= 0.6 is 0 Å². The van der Waals surface area contributed by atoms with Crippen molar-refractivity contribution >= 4 is 15.9 Å². The van der Waals surface area contributed by atoms with Crippen molar-refractivity contribution in [2.45, 2.75) is 37.5 Å². The largest absolute Gasteiger partial charge is 0.359 e. The third-order valence-electron chi connectivity index (χ3n) is 5.53. The Morgan fingerprint density at radius 1 is 1.30 bits per heavy atom. The van der Waals surface area contributed by atoms with Crippen LogP contribution in [0.15, 0.2) is 29.2 Å². The first kappa shape index (κ1) is 16.5. The highest BCUT2D eigenvalue weighted by Crippen LogP contribution is 2.50. The second kappa shape index (κ2) is 5.91. The molecular weight excluding hydrogens is 312 g/mol. The molecule has 0 aromatic heterocycles. The Morgan fingerprint density at radius 2 is 2.04 bits per heavy atom. The van der Waals surface area contributed by atoms with Crippen LogP contribution in [-0.4, -0.2) is 38.8 Å². The third-order valence-corrected chi connectivity index (χ3v) is 7.54. The molecule has 1 saturated heterocycles. The van der Waals surface area contributed by atoms with Crippen LogP contribution in [0.5, 0.6) is 0 Å². The van der Waals surface area contributed by atoms with Gasteiger partial charge in [-0.15, -0.1) is 0 Å². The topological polar surface area (TPSA) is 66.5 Å². The predicted octanol–water partition coefficient (Wildman–Crippen LogP) is 1.92. The molecule has 23 heavy (non-hydrogen) atoms. The SMILES string of the molecule is CNC(=O)C1CCCC12CCN(S(=O)(=O)c1ccccc1C)C2. The van der Waals surface area contributed by atoms with Gasteiger partial charge in [-0.2, -0.15) is 4.31 Å². The minimum atomic E-state index is -3.49. The lowest BCUT2D eigenvalue weighted by Crippen LogP contribution is -2.40. The molecule has 2 aliphatic rings. The lowest BCUT2D eigenvalue weighted by Gasteiger charge is -2.30. The van der Waals surface area contributed by atoms with E-state index in [1.807, 2.05) is 19.1 Å². The van der Waals surface area contributed by atoms with Gasteiger partial charge >= 0.3 is 0 Å². The van der Waals surface area contributed by atoms with Crippen molar-refractivity contribution in [3.8, 4) is 0 Å². The number of rotatable bonds is 3. The van der Waals surface area contributed by atoms with Gasteiger partial charge in [0.15, 0.2) is 0 Å². The molecule has 2 unspecified atom stereocenters. The summed E-state index contributed by atoms with van der Waals surface area (Å²) in [6.07, 6.45) is 3.56. The smallest absolute Gasteiger partial charge is 0.243 e. The Kier molecular flexibility index (Phi) is 4.23. The Morgan fingerprint density at radius 3 is 2.74 bits per heavy atom. The average molecular weight is 336 g/mol. The molecule has 1 aromatic rings. The van der Waals surface area contributed by atoms with Gasteiger partial charge < -0.3 is 5.32 Å². The predicted molar refractivity (Wildman–Crippen MR) is 88.4 cm³/mol. The van der Waals surface area contributed by atoms with Crippen LogP contribution in [-0.2, 0) is 14.8 Å². The van der Waals surface area contributed by atoms with E-state index in [9.17, 15) is 13.2 Å². The highest BCUT2D eigenvalue weighted by atomic mass is 32.2. The molecule has 1 N–H and O–H groups in total. The number of hydrogen-bond donors (Lipinski definition) is 1. The fraction of sp³-hybridized carbons (Fsp3) is 0.588. The molecule has 1 aromatic carbocycles. The van der Waals surface area contributed by atoms with Crippen LogP contribution in [0.1, 0.15) is 31.2 Å². The average Bonchev–Trinajstić information content (AvgIpc) is 3.15. The number of sulfonamides is 1. The molecule has 1 saturated carbocycles. The van der Waals surface area contributed by atoms with Crippen LogP contribution in [0.25, 0.3) is 0 Å². The highest BCUT2D eigenvalue weighted by molar-refractivity contribution is 7.89. The normalized spacial score (nSPS) is 28.3. The van der Waals surface area contributed by atoms with Gasteiger partial charge in [0, 0.05) is 26.1 Å². The van der Waals surface area contributed by atoms with E-state index >= 15 is 0 Å². The molecule has 0 bridgehead atoms. The zero-order valence-corrected chi connectivity index (χ0v) is 14.5. The first-order valence-corrected chi connectivity index (χ1v) is 9.62. The van der Waals surface area contributed by atoms with Gasteiger partial charge in [0.05, 0.1) is 4.90 Å². The number of benzene rings is 1. The fourth-order valence-electron chi connectivity index (χ4n) is 4.26. The van der Waals surface area contributed by atoms with Crippen molar-refractivity contribution < 1.29 is 13.2 Å². The maximum absolute atomic E-state index is 13.0. The molecular formula is C17H24N2O3S. The summed E-state index contributed by atoms with van der Waals surface area (Å²) in [6, 6.07) is 7.09. The van der Waals surface area contributed by atoms with Crippen molar-refractivity contribution in [3.05, 3.63) is 29.8 Å². The minimum Gasteiger partial charge on any atom is -0.359 e. The van der Waals surface area contributed by atoms with E-state index in [2.05, 4.69) is 5.32 Å². The Balaban J connectivity index is 1.88. The quantitative estimate of drug-likeness (QED) is 0.917. The van der Waals surface area contributed by atoms with Gasteiger partial charge in [-0.05, 0) is 43.2 Å². The molecule has 1 spiro atoms. The Bertz CT molecular complexity index is 716. The van der Waals surface area contributed by atoms with Crippen LogP contribution in [0, 0.1) is 18.3 Å². The number of nitrogens with zero attached hydrogens (tertiary/aromatic N) is 1. The Labute approximate surface area is 138 Å². The lowest BCUT2D eigenvalue weighted by atomic mass is 9.76. The lowest BCUT2D eigenvalue weighted by molar-refractivity contribution is -0.127. The summed E-state index contributed by atoms with van der Waals surface area (Å²) in [6.45, 7) is 2.79. The van der Waals surface area contributed by atoms with Gasteiger partial charge in [0.1, 0.15) is 0 Å². The molecule has 0 radical (unpaired) electrons. The van der Waals surface area contributed by atoms with Crippen LogP contribution in [0.4, 0.5) is 0 Å². The summed E-state index contributed by atoms with van der Waals surface area (Å²) < 4.78 is 27.5. The van der Waals surface area contributed by atoms with Gasteiger partial charge in [-0.3, -0.25) is 4.79 Å². The van der Waals surface area contributed by atoms with Crippen molar-refractivity contribution in [3.63, 3.8) is 0 Å². The molecule has 1 heterocycles. The van der Waals surface area contributed by atoms with Crippen LogP contribution in [0.2, 0.25) is 0 Å². The summed E-state index contributed by atoms with van der Waals surface area (Å²) in [5.41, 5.74) is 0.582. The fourth-order valence-corrected chi connectivity index (χ4v) is 6.02. The van der Waals surface area contributed by atoms with Crippen molar-refractivity contribution in [1.29, 1.82) is 0 Å². The van der Waals surface area contributed by atoms with Crippen molar-refractivity contribution in [1.82, 2.24) is 9.62 Å². The molecule has 3 rings (SSSR count). The molecule has 6 heteroatoms. The maximum Gasteiger partial charge on any atom is 0.243 e. The second-order valence-electron chi connectivity index (χ2n) is 6.78. The zero-order valence-electron chi connectivity index (χ0n) is 13.7. The summed E-state index contributed by atoms with van der Waals surface area (Å²) >= 11 is 0. The molecule has 2 fully saturated rings. The molecule has 1 aliphatic carbocycles. The van der Waals surface area contributed by atoms with Crippen LogP contribution in [0.3, 0.4) is 0 Å². The molecule has 2 atom stereocenters. The second-order valence-corrected chi connectivity index (χ2v) is 8.68. The van der Waals surface area contributed by atoms with E-state index in [1.165, 1.54) is 0 Å².